The zero-order valence-electron chi connectivity index (χ0n) is 15.1. The lowest BCUT2D eigenvalue weighted by Crippen LogP contribution is -2.44. The number of hydrogen-bond donors (Lipinski definition) is 3. The molecule has 0 aliphatic carbocycles. The fourth-order valence-electron chi connectivity index (χ4n) is 3.04. The summed E-state index contributed by atoms with van der Waals surface area (Å²) < 4.78 is 5.82. The Morgan fingerprint density at radius 1 is 1.17 bits per heavy atom. The van der Waals surface area contributed by atoms with E-state index in [1.807, 2.05) is 0 Å². The van der Waals surface area contributed by atoms with Gasteiger partial charge < -0.3 is 21.1 Å². The van der Waals surface area contributed by atoms with Crippen molar-refractivity contribution < 1.29 is 4.74 Å². The molecule has 2 rings (SSSR count). The Hall–Kier alpha value is -1.63. The van der Waals surface area contributed by atoms with Gasteiger partial charge in [-0.15, -0.1) is 0 Å². The van der Waals surface area contributed by atoms with E-state index in [2.05, 4.69) is 39.4 Å². The summed E-state index contributed by atoms with van der Waals surface area (Å²) in [6, 6.07) is 0.303. The highest BCUT2D eigenvalue weighted by atomic mass is 16.5. The van der Waals surface area contributed by atoms with E-state index in [1.165, 1.54) is 32.1 Å². The predicted octanol–water partition coefficient (Wildman–Crippen LogP) is 2.75. The Morgan fingerprint density at radius 2 is 2.00 bits per heavy atom. The first-order valence-corrected chi connectivity index (χ1v) is 9.31. The molecule has 4 N–H and O–H groups in total. The maximum Gasteiger partial charge on any atom is 0.323 e. The first-order chi connectivity index (χ1) is 11.7. The first-order valence-electron chi connectivity index (χ1n) is 9.31. The van der Waals surface area contributed by atoms with E-state index in [-0.39, 0.29) is 11.5 Å². The van der Waals surface area contributed by atoms with Gasteiger partial charge >= 0.3 is 6.01 Å². The number of anilines is 2. The van der Waals surface area contributed by atoms with Crippen LogP contribution in [-0.2, 0) is 0 Å². The average molecular weight is 336 g/mol. The largest absolute Gasteiger partial charge is 0.461 e. The molecular formula is C17H32N6O. The summed E-state index contributed by atoms with van der Waals surface area (Å²) in [5.41, 5.74) is 5.82. The smallest absolute Gasteiger partial charge is 0.323 e. The van der Waals surface area contributed by atoms with E-state index in [9.17, 15) is 0 Å². The van der Waals surface area contributed by atoms with Crippen LogP contribution in [0.2, 0.25) is 0 Å². The van der Waals surface area contributed by atoms with Crippen molar-refractivity contribution >= 4 is 11.9 Å². The normalized spacial score (nSPS) is 20.2. The molecule has 24 heavy (non-hydrogen) atoms. The Kier molecular flexibility index (Phi) is 7.49. The van der Waals surface area contributed by atoms with Crippen molar-refractivity contribution in [2.45, 2.75) is 70.8 Å². The van der Waals surface area contributed by atoms with Gasteiger partial charge in [-0.25, -0.2) is 0 Å². The lowest BCUT2D eigenvalue weighted by Gasteiger charge is -2.27. The molecule has 1 aromatic heterocycles. The van der Waals surface area contributed by atoms with Crippen molar-refractivity contribution in [3.8, 4) is 6.01 Å². The number of aromatic nitrogens is 3. The Bertz CT molecular complexity index is 490. The Balaban J connectivity index is 1.81. The van der Waals surface area contributed by atoms with Crippen molar-refractivity contribution in [2.24, 2.45) is 0 Å². The van der Waals surface area contributed by atoms with Gasteiger partial charge in [-0.05, 0) is 32.2 Å². The quantitative estimate of drug-likeness (QED) is 0.534. The standard InChI is InChI=1S/C17H32N6O/c1-3-5-6-7-8-11-19-15-21-14(18)22-16(23-15)24-13-17(4-2)10-9-12-20-17/h20H,3-13H2,1-2H3,(H3,18,19,21,22,23). The molecule has 1 atom stereocenters. The van der Waals surface area contributed by atoms with Crippen LogP contribution in [0.1, 0.15) is 65.2 Å². The number of rotatable bonds is 11. The van der Waals surface area contributed by atoms with Crippen molar-refractivity contribution in [1.29, 1.82) is 0 Å². The highest BCUT2D eigenvalue weighted by Gasteiger charge is 2.32. The number of nitrogens with two attached hydrogens (primary N) is 1. The SMILES string of the molecule is CCCCCCCNc1nc(N)nc(OCC2(CC)CCCN2)n1. The fourth-order valence-corrected chi connectivity index (χ4v) is 3.04. The molecule has 0 radical (unpaired) electrons. The van der Waals surface area contributed by atoms with E-state index < -0.39 is 0 Å². The minimum atomic E-state index is 0.0360. The van der Waals surface area contributed by atoms with E-state index in [0.29, 0.717) is 18.6 Å². The molecular weight excluding hydrogens is 304 g/mol. The van der Waals surface area contributed by atoms with Crippen molar-refractivity contribution in [3.63, 3.8) is 0 Å². The Labute approximate surface area is 145 Å². The number of nitrogens with one attached hydrogen (secondary N) is 2. The molecule has 0 saturated carbocycles. The minimum absolute atomic E-state index is 0.0360. The number of ether oxygens (including phenoxy) is 1. The molecule has 1 aliphatic heterocycles. The van der Waals surface area contributed by atoms with Crippen LogP contribution >= 0.6 is 0 Å². The van der Waals surface area contributed by atoms with Gasteiger partial charge in [-0.1, -0.05) is 39.5 Å². The molecule has 7 heteroatoms. The maximum absolute atomic E-state index is 5.82. The van der Waals surface area contributed by atoms with Crippen LogP contribution in [0.4, 0.5) is 11.9 Å². The van der Waals surface area contributed by atoms with Gasteiger partial charge in [0.2, 0.25) is 11.9 Å². The van der Waals surface area contributed by atoms with Gasteiger partial charge in [-0.2, -0.15) is 15.0 Å². The molecule has 1 saturated heterocycles. The maximum atomic E-state index is 5.82. The molecule has 0 spiro atoms. The third-order valence-electron chi connectivity index (χ3n) is 4.68. The van der Waals surface area contributed by atoms with Crippen molar-refractivity contribution in [1.82, 2.24) is 20.3 Å². The average Bonchev–Trinajstić information content (AvgIpc) is 3.05. The summed E-state index contributed by atoms with van der Waals surface area (Å²) in [7, 11) is 0. The van der Waals surface area contributed by atoms with Crippen molar-refractivity contribution in [3.05, 3.63) is 0 Å². The molecule has 1 aliphatic rings. The molecule has 0 bridgehead atoms. The molecule has 7 nitrogen and oxygen atoms in total. The highest BCUT2D eigenvalue weighted by molar-refractivity contribution is 5.32. The van der Waals surface area contributed by atoms with E-state index >= 15 is 0 Å². The molecule has 1 aromatic rings. The molecule has 136 valence electrons. The van der Waals surface area contributed by atoms with Gasteiger partial charge in [0.05, 0.1) is 5.54 Å². The van der Waals surface area contributed by atoms with Crippen LogP contribution in [0.25, 0.3) is 0 Å². The van der Waals surface area contributed by atoms with Gasteiger partial charge in [0.15, 0.2) is 0 Å². The van der Waals surface area contributed by atoms with Gasteiger partial charge in [0.1, 0.15) is 6.61 Å². The summed E-state index contributed by atoms with van der Waals surface area (Å²) in [6.45, 7) is 6.84. The molecule has 1 fully saturated rings. The van der Waals surface area contributed by atoms with Crippen LogP contribution in [0.3, 0.4) is 0 Å². The van der Waals surface area contributed by atoms with Crippen LogP contribution in [0.5, 0.6) is 6.01 Å². The third kappa shape index (κ3) is 5.78. The highest BCUT2D eigenvalue weighted by Crippen LogP contribution is 2.23. The van der Waals surface area contributed by atoms with Crippen LogP contribution in [0, 0.1) is 0 Å². The summed E-state index contributed by atoms with van der Waals surface area (Å²) >= 11 is 0. The van der Waals surface area contributed by atoms with Crippen LogP contribution in [-0.4, -0.2) is 40.2 Å². The van der Waals surface area contributed by atoms with E-state index in [1.54, 1.807) is 0 Å². The minimum Gasteiger partial charge on any atom is -0.461 e. The Morgan fingerprint density at radius 3 is 2.71 bits per heavy atom. The lowest BCUT2D eigenvalue weighted by atomic mass is 9.96. The van der Waals surface area contributed by atoms with Gasteiger partial charge in [0, 0.05) is 6.54 Å². The summed E-state index contributed by atoms with van der Waals surface area (Å²) in [6.07, 6.45) is 9.47. The second kappa shape index (κ2) is 9.61. The molecule has 2 heterocycles. The number of nitrogens with zero attached hydrogens (tertiary/aromatic N) is 3. The lowest BCUT2D eigenvalue weighted by molar-refractivity contribution is 0.181. The number of hydrogen-bond acceptors (Lipinski definition) is 7. The predicted molar refractivity (Wildman–Crippen MR) is 97.2 cm³/mol. The second-order valence-corrected chi connectivity index (χ2v) is 6.59. The van der Waals surface area contributed by atoms with Crippen molar-refractivity contribution in [2.75, 3.05) is 30.7 Å². The van der Waals surface area contributed by atoms with Gasteiger partial charge in [-0.3, -0.25) is 0 Å². The molecule has 0 aromatic carbocycles. The van der Waals surface area contributed by atoms with Crippen LogP contribution in [0.15, 0.2) is 0 Å². The zero-order chi connectivity index (χ0) is 17.3. The third-order valence-corrected chi connectivity index (χ3v) is 4.68. The van der Waals surface area contributed by atoms with Crippen LogP contribution < -0.4 is 21.1 Å². The number of nitrogen functional groups attached to an aromatic ring is 1. The summed E-state index contributed by atoms with van der Waals surface area (Å²) in [4.78, 5) is 12.6. The first kappa shape index (κ1) is 18.7. The van der Waals surface area contributed by atoms with E-state index in [4.69, 9.17) is 10.5 Å². The molecule has 0 amide bonds. The monoisotopic (exact) mass is 336 g/mol. The second-order valence-electron chi connectivity index (χ2n) is 6.59. The summed E-state index contributed by atoms with van der Waals surface area (Å²) in [5.74, 6) is 0.691. The van der Waals surface area contributed by atoms with E-state index in [0.717, 1.165) is 32.4 Å². The molecule has 1 unspecified atom stereocenters. The number of unbranched alkanes of at least 4 members (excludes halogenated alkanes) is 4. The topological polar surface area (TPSA) is 98.0 Å². The zero-order valence-corrected chi connectivity index (χ0v) is 15.1. The van der Waals surface area contributed by atoms with Gasteiger partial charge in [0.25, 0.3) is 0 Å². The fraction of sp³-hybridized carbons (Fsp3) is 0.824. The summed E-state index contributed by atoms with van der Waals surface area (Å²) in [5, 5.41) is 6.75.